The maximum absolute atomic E-state index is 5.79. The van der Waals surface area contributed by atoms with E-state index in [9.17, 15) is 0 Å². The van der Waals surface area contributed by atoms with Crippen molar-refractivity contribution < 1.29 is 0 Å². The zero-order chi connectivity index (χ0) is 13.4. The summed E-state index contributed by atoms with van der Waals surface area (Å²) in [5.74, 6) is 1.14. The van der Waals surface area contributed by atoms with Crippen LogP contribution in [0.5, 0.6) is 0 Å². The van der Waals surface area contributed by atoms with Gasteiger partial charge in [0.1, 0.15) is 0 Å². The van der Waals surface area contributed by atoms with E-state index in [-0.39, 0.29) is 0 Å². The van der Waals surface area contributed by atoms with E-state index < -0.39 is 0 Å². The van der Waals surface area contributed by atoms with Gasteiger partial charge in [0.15, 0.2) is 0 Å². The van der Waals surface area contributed by atoms with Crippen LogP contribution in [0.3, 0.4) is 0 Å². The third kappa shape index (κ3) is 4.52. The van der Waals surface area contributed by atoms with Crippen molar-refractivity contribution in [3.05, 3.63) is 29.3 Å². The minimum absolute atomic E-state index is 0.887. The molecule has 3 N–H and O–H groups in total. The molecule has 1 aliphatic heterocycles. The molecule has 18 heavy (non-hydrogen) atoms. The van der Waals surface area contributed by atoms with Gasteiger partial charge in [0, 0.05) is 31.1 Å². The molecule has 1 aromatic rings. The van der Waals surface area contributed by atoms with Gasteiger partial charge < -0.3 is 5.73 Å². The van der Waals surface area contributed by atoms with E-state index in [1.165, 1.54) is 11.1 Å². The lowest BCUT2D eigenvalue weighted by Gasteiger charge is -2.28. The van der Waals surface area contributed by atoms with Crippen LogP contribution >= 0.6 is 11.9 Å². The lowest BCUT2D eigenvalue weighted by molar-refractivity contribution is 0.270. The summed E-state index contributed by atoms with van der Waals surface area (Å²) < 4.78 is 3.11. The third-order valence-corrected chi connectivity index (χ3v) is 3.65. The van der Waals surface area contributed by atoms with Gasteiger partial charge in [-0.25, -0.2) is 0 Å². The number of hydrogen-bond acceptors (Lipinski definition) is 4. The third-order valence-electron chi connectivity index (χ3n) is 2.98. The van der Waals surface area contributed by atoms with E-state index in [4.69, 9.17) is 5.73 Å². The molecule has 4 heteroatoms. The number of hydrogen-bond donors (Lipinski definition) is 2. The van der Waals surface area contributed by atoms with Crippen molar-refractivity contribution in [3.8, 4) is 0 Å². The molecule has 3 nitrogen and oxygen atoms in total. The summed E-state index contributed by atoms with van der Waals surface area (Å²) in [4.78, 5) is 2.50. The van der Waals surface area contributed by atoms with Crippen LogP contribution in [0, 0.1) is 0 Å². The molecular formula is C14H25N3S. The van der Waals surface area contributed by atoms with Gasteiger partial charge in [0.2, 0.25) is 0 Å². The largest absolute Gasteiger partial charge is 0.399 e. The predicted octanol–water partition coefficient (Wildman–Crippen LogP) is 2.52. The van der Waals surface area contributed by atoms with Gasteiger partial charge in [-0.3, -0.25) is 9.62 Å². The summed E-state index contributed by atoms with van der Waals surface area (Å²) in [6.07, 6.45) is 1.13. The standard InChI is InChI=1S/C12H19N3S.C2H6/c1-14-16-7-6-15-5-4-10-8-12(13)3-2-11(10)9-15;1-2/h2-3,8,14H,4-7,9,13H2,1H3;1-2H3. The number of nitrogens with two attached hydrogens (primary N) is 1. The predicted molar refractivity (Wildman–Crippen MR) is 82.7 cm³/mol. The molecule has 1 aromatic carbocycles. The van der Waals surface area contributed by atoms with Crippen LogP contribution in [0.2, 0.25) is 0 Å². The highest BCUT2D eigenvalue weighted by molar-refractivity contribution is 7.97. The maximum Gasteiger partial charge on any atom is 0.0316 e. The Balaban J connectivity index is 0.000000771. The van der Waals surface area contributed by atoms with E-state index in [2.05, 4.69) is 21.8 Å². The van der Waals surface area contributed by atoms with Crippen LogP contribution in [0.1, 0.15) is 25.0 Å². The van der Waals surface area contributed by atoms with Crippen molar-refractivity contribution in [2.24, 2.45) is 0 Å². The van der Waals surface area contributed by atoms with E-state index in [0.29, 0.717) is 0 Å². The van der Waals surface area contributed by atoms with Gasteiger partial charge in [-0.1, -0.05) is 31.9 Å². The number of fused-ring (bicyclic) bond motifs is 1. The smallest absolute Gasteiger partial charge is 0.0316 e. The topological polar surface area (TPSA) is 41.3 Å². The minimum atomic E-state index is 0.887. The second-order valence-corrected chi connectivity index (χ2v) is 5.21. The normalized spacial score (nSPS) is 14.6. The molecule has 0 atom stereocenters. The molecule has 102 valence electrons. The molecule has 0 saturated carbocycles. The Labute approximate surface area is 115 Å². The Morgan fingerprint density at radius 2 is 2.11 bits per heavy atom. The molecule has 0 spiro atoms. The molecule has 0 amide bonds. The molecule has 0 fully saturated rings. The Morgan fingerprint density at radius 1 is 1.33 bits per heavy atom. The summed E-state index contributed by atoms with van der Waals surface area (Å²) in [5, 5.41) is 0. The molecule has 0 aliphatic carbocycles. The fourth-order valence-electron chi connectivity index (χ4n) is 2.10. The number of benzene rings is 1. The van der Waals surface area contributed by atoms with Gasteiger partial charge in [-0.05, 0) is 36.7 Å². The number of rotatable bonds is 4. The first kappa shape index (κ1) is 15.3. The second kappa shape index (κ2) is 8.40. The minimum Gasteiger partial charge on any atom is -0.399 e. The van der Waals surface area contributed by atoms with Crippen molar-refractivity contribution in [3.63, 3.8) is 0 Å². The lowest BCUT2D eigenvalue weighted by Crippen LogP contribution is -2.32. The van der Waals surface area contributed by atoms with Crippen LogP contribution in [-0.2, 0) is 13.0 Å². The monoisotopic (exact) mass is 267 g/mol. The Bertz CT molecular complexity index is 355. The van der Waals surface area contributed by atoms with Crippen LogP contribution in [0.4, 0.5) is 5.69 Å². The highest BCUT2D eigenvalue weighted by atomic mass is 32.2. The molecule has 0 aromatic heterocycles. The average Bonchev–Trinajstić information content (AvgIpc) is 2.41. The van der Waals surface area contributed by atoms with Crippen LogP contribution < -0.4 is 10.5 Å². The number of anilines is 1. The summed E-state index contributed by atoms with van der Waals surface area (Å²) in [5.41, 5.74) is 9.54. The lowest BCUT2D eigenvalue weighted by atomic mass is 9.99. The van der Waals surface area contributed by atoms with Gasteiger partial charge in [0.05, 0.1) is 0 Å². The number of nitrogens with zero attached hydrogens (tertiary/aromatic N) is 1. The van der Waals surface area contributed by atoms with Crippen molar-refractivity contribution in [1.29, 1.82) is 0 Å². The first-order valence-electron chi connectivity index (χ1n) is 6.68. The molecule has 0 radical (unpaired) electrons. The van der Waals surface area contributed by atoms with E-state index in [1.807, 2.05) is 27.0 Å². The van der Waals surface area contributed by atoms with Crippen molar-refractivity contribution in [1.82, 2.24) is 9.62 Å². The molecule has 1 aliphatic rings. The number of nitrogen functional groups attached to an aromatic ring is 1. The van der Waals surface area contributed by atoms with Crippen molar-refractivity contribution >= 4 is 17.6 Å². The fourth-order valence-corrected chi connectivity index (χ4v) is 2.65. The van der Waals surface area contributed by atoms with Crippen molar-refractivity contribution in [2.75, 3.05) is 31.6 Å². The van der Waals surface area contributed by atoms with E-state index >= 15 is 0 Å². The second-order valence-electron chi connectivity index (χ2n) is 4.11. The van der Waals surface area contributed by atoms with Crippen LogP contribution in [0.25, 0.3) is 0 Å². The Morgan fingerprint density at radius 3 is 2.83 bits per heavy atom. The SMILES string of the molecule is CC.CNSCCN1CCc2cc(N)ccc2C1. The van der Waals surface area contributed by atoms with Gasteiger partial charge in [0.25, 0.3) is 0 Å². The van der Waals surface area contributed by atoms with Gasteiger partial charge in [-0.2, -0.15) is 0 Å². The van der Waals surface area contributed by atoms with Crippen LogP contribution in [0.15, 0.2) is 18.2 Å². The first-order chi connectivity index (χ1) is 8.79. The molecule has 2 rings (SSSR count). The summed E-state index contributed by atoms with van der Waals surface area (Å²) in [7, 11) is 1.97. The molecule has 0 unspecified atom stereocenters. The molecular weight excluding hydrogens is 242 g/mol. The zero-order valence-electron chi connectivity index (χ0n) is 11.7. The highest BCUT2D eigenvalue weighted by Crippen LogP contribution is 2.21. The van der Waals surface area contributed by atoms with E-state index in [0.717, 1.165) is 37.5 Å². The molecule has 0 saturated heterocycles. The van der Waals surface area contributed by atoms with Gasteiger partial charge >= 0.3 is 0 Å². The number of nitrogens with one attached hydrogen (secondary N) is 1. The highest BCUT2D eigenvalue weighted by Gasteiger charge is 2.15. The summed E-state index contributed by atoms with van der Waals surface area (Å²) in [6.45, 7) is 7.37. The van der Waals surface area contributed by atoms with Crippen molar-refractivity contribution in [2.45, 2.75) is 26.8 Å². The van der Waals surface area contributed by atoms with Crippen LogP contribution in [-0.4, -0.2) is 30.8 Å². The fraction of sp³-hybridized carbons (Fsp3) is 0.571. The van der Waals surface area contributed by atoms with Gasteiger partial charge in [-0.15, -0.1) is 0 Å². The summed E-state index contributed by atoms with van der Waals surface area (Å²) >= 11 is 1.77. The summed E-state index contributed by atoms with van der Waals surface area (Å²) in [6, 6.07) is 6.29. The van der Waals surface area contributed by atoms with E-state index in [1.54, 1.807) is 11.9 Å². The Kier molecular flexibility index (Phi) is 7.16. The average molecular weight is 267 g/mol. The first-order valence-corrected chi connectivity index (χ1v) is 7.66. The zero-order valence-corrected chi connectivity index (χ0v) is 12.5. The quantitative estimate of drug-likeness (QED) is 0.500. The molecule has 0 bridgehead atoms. The maximum atomic E-state index is 5.79. The Hall–Kier alpha value is -0.710. The molecule has 1 heterocycles.